The van der Waals surface area contributed by atoms with Crippen LogP contribution >= 0.6 is 0 Å². The van der Waals surface area contributed by atoms with E-state index in [2.05, 4.69) is 36.8 Å². The first-order valence-electron chi connectivity index (χ1n) is 5.87. The molecule has 0 aromatic carbocycles. The molecule has 1 aromatic rings. The quantitative estimate of drug-likeness (QED) is 0.711. The number of rotatable bonds is 6. The summed E-state index contributed by atoms with van der Waals surface area (Å²) in [4.78, 5) is 6.61. The fourth-order valence-corrected chi connectivity index (χ4v) is 1.58. The Morgan fingerprint density at radius 2 is 1.80 bits per heavy atom. The smallest absolute Gasteiger partial charge is 0.0300 e. The predicted octanol–water partition coefficient (Wildman–Crippen LogP) is 2.53. The summed E-state index contributed by atoms with van der Waals surface area (Å²) in [6.45, 7) is 6.62. The molecule has 1 aromatic heterocycles. The number of hydrogen-bond donors (Lipinski definition) is 0. The van der Waals surface area contributed by atoms with Gasteiger partial charge >= 0.3 is 0 Å². The number of aromatic nitrogens is 1. The highest BCUT2D eigenvalue weighted by atomic mass is 15.1. The Morgan fingerprint density at radius 1 is 1.13 bits per heavy atom. The zero-order valence-electron chi connectivity index (χ0n) is 10.2. The summed E-state index contributed by atoms with van der Waals surface area (Å²) in [6, 6.07) is 2.29. The van der Waals surface area contributed by atoms with Gasteiger partial charge in [-0.25, -0.2) is 0 Å². The van der Waals surface area contributed by atoms with Gasteiger partial charge in [0.25, 0.3) is 0 Å². The fraction of sp³-hybridized carbons (Fsp3) is 0.615. The van der Waals surface area contributed by atoms with E-state index >= 15 is 0 Å². The third-order valence-electron chi connectivity index (χ3n) is 2.71. The van der Waals surface area contributed by atoms with E-state index in [1.807, 2.05) is 12.4 Å². The molecule has 1 rings (SSSR count). The summed E-state index contributed by atoms with van der Waals surface area (Å²) in [5, 5.41) is 0. The van der Waals surface area contributed by atoms with Crippen LogP contribution in [0, 0.1) is 0 Å². The van der Waals surface area contributed by atoms with E-state index < -0.39 is 0 Å². The van der Waals surface area contributed by atoms with Crippen molar-refractivity contribution in [3.8, 4) is 0 Å². The highest BCUT2D eigenvalue weighted by molar-refractivity contribution is 5.18. The fourth-order valence-electron chi connectivity index (χ4n) is 1.58. The molecule has 15 heavy (non-hydrogen) atoms. The first kappa shape index (κ1) is 12.2. The van der Waals surface area contributed by atoms with E-state index in [1.54, 1.807) is 0 Å². The van der Waals surface area contributed by atoms with E-state index in [-0.39, 0.29) is 0 Å². The number of nitrogens with zero attached hydrogens (tertiary/aromatic N) is 2. The van der Waals surface area contributed by atoms with Gasteiger partial charge in [-0.05, 0) is 37.6 Å². The number of pyridine rings is 1. The molecule has 0 amide bonds. The monoisotopic (exact) mass is 206 g/mol. The van der Waals surface area contributed by atoms with Crippen molar-refractivity contribution in [3.05, 3.63) is 29.6 Å². The van der Waals surface area contributed by atoms with Crippen LogP contribution in [-0.2, 0) is 12.8 Å². The number of aryl methyl sites for hydroxylation is 1. The van der Waals surface area contributed by atoms with Gasteiger partial charge in [0.1, 0.15) is 0 Å². The lowest BCUT2D eigenvalue weighted by Crippen LogP contribution is -2.20. The molecule has 0 atom stereocenters. The van der Waals surface area contributed by atoms with Crippen molar-refractivity contribution >= 4 is 0 Å². The standard InChI is InChI=1S/C13H22N2/c1-4-6-12-9-13(11-14-10-12)7-8-15(3)5-2/h9-11H,4-8H2,1-3H3. The van der Waals surface area contributed by atoms with E-state index in [1.165, 1.54) is 17.5 Å². The summed E-state index contributed by atoms with van der Waals surface area (Å²) in [6.07, 6.45) is 7.42. The van der Waals surface area contributed by atoms with Gasteiger partial charge in [-0.3, -0.25) is 4.98 Å². The first-order chi connectivity index (χ1) is 7.26. The highest BCUT2D eigenvalue weighted by Gasteiger charge is 1.99. The van der Waals surface area contributed by atoms with E-state index in [0.717, 1.165) is 25.9 Å². The second kappa shape index (κ2) is 6.57. The van der Waals surface area contributed by atoms with Gasteiger partial charge in [-0.2, -0.15) is 0 Å². The minimum absolute atomic E-state index is 1.11. The van der Waals surface area contributed by atoms with Crippen molar-refractivity contribution in [2.24, 2.45) is 0 Å². The lowest BCUT2D eigenvalue weighted by molar-refractivity contribution is 0.357. The summed E-state index contributed by atoms with van der Waals surface area (Å²) < 4.78 is 0. The molecule has 0 fully saturated rings. The van der Waals surface area contributed by atoms with Crippen LogP contribution in [0.5, 0.6) is 0 Å². The summed E-state index contributed by atoms with van der Waals surface area (Å²) >= 11 is 0. The van der Waals surface area contributed by atoms with Crippen LogP contribution < -0.4 is 0 Å². The Hall–Kier alpha value is -0.890. The van der Waals surface area contributed by atoms with E-state index in [0.29, 0.717) is 0 Å². The van der Waals surface area contributed by atoms with Gasteiger partial charge in [-0.15, -0.1) is 0 Å². The zero-order valence-corrected chi connectivity index (χ0v) is 10.2. The van der Waals surface area contributed by atoms with Crippen molar-refractivity contribution in [1.82, 2.24) is 9.88 Å². The zero-order chi connectivity index (χ0) is 11.1. The molecule has 0 aliphatic rings. The maximum Gasteiger partial charge on any atom is 0.0300 e. The van der Waals surface area contributed by atoms with Gasteiger partial charge in [0.2, 0.25) is 0 Å². The summed E-state index contributed by atoms with van der Waals surface area (Å²) in [5.74, 6) is 0. The summed E-state index contributed by atoms with van der Waals surface area (Å²) in [7, 11) is 2.16. The third-order valence-corrected chi connectivity index (χ3v) is 2.71. The van der Waals surface area contributed by atoms with Gasteiger partial charge in [0, 0.05) is 18.9 Å². The van der Waals surface area contributed by atoms with Crippen molar-refractivity contribution < 1.29 is 0 Å². The van der Waals surface area contributed by atoms with E-state index in [4.69, 9.17) is 0 Å². The van der Waals surface area contributed by atoms with Crippen LogP contribution in [-0.4, -0.2) is 30.0 Å². The molecular formula is C13H22N2. The Balaban J connectivity index is 2.50. The average molecular weight is 206 g/mol. The first-order valence-corrected chi connectivity index (χ1v) is 5.87. The van der Waals surface area contributed by atoms with Gasteiger partial charge in [0.05, 0.1) is 0 Å². The van der Waals surface area contributed by atoms with Crippen LogP contribution in [0.2, 0.25) is 0 Å². The number of likely N-dealkylation sites (N-methyl/N-ethyl adjacent to an activating group) is 1. The minimum atomic E-state index is 1.11. The molecule has 0 saturated heterocycles. The van der Waals surface area contributed by atoms with Crippen molar-refractivity contribution in [2.75, 3.05) is 20.1 Å². The van der Waals surface area contributed by atoms with Crippen molar-refractivity contribution in [2.45, 2.75) is 33.1 Å². The molecular weight excluding hydrogens is 184 g/mol. The molecule has 0 aliphatic carbocycles. The second-order valence-electron chi connectivity index (χ2n) is 4.10. The Labute approximate surface area is 93.3 Å². The number of hydrogen-bond acceptors (Lipinski definition) is 2. The second-order valence-corrected chi connectivity index (χ2v) is 4.10. The topological polar surface area (TPSA) is 16.1 Å². The lowest BCUT2D eigenvalue weighted by Gasteiger charge is -2.13. The van der Waals surface area contributed by atoms with E-state index in [9.17, 15) is 0 Å². The normalized spacial score (nSPS) is 10.9. The Bertz CT molecular complexity index is 284. The van der Waals surface area contributed by atoms with Gasteiger partial charge in [-0.1, -0.05) is 26.3 Å². The van der Waals surface area contributed by atoms with Gasteiger partial charge in [0.15, 0.2) is 0 Å². The molecule has 0 saturated carbocycles. The molecule has 0 bridgehead atoms. The molecule has 84 valence electrons. The molecule has 0 radical (unpaired) electrons. The summed E-state index contributed by atoms with van der Waals surface area (Å²) in [5.41, 5.74) is 2.73. The van der Waals surface area contributed by atoms with Crippen LogP contribution in [0.4, 0.5) is 0 Å². The van der Waals surface area contributed by atoms with Crippen molar-refractivity contribution in [1.29, 1.82) is 0 Å². The van der Waals surface area contributed by atoms with Crippen LogP contribution in [0.15, 0.2) is 18.5 Å². The maximum absolute atomic E-state index is 4.29. The SMILES string of the molecule is CCCc1cncc(CCN(C)CC)c1. The molecule has 2 nitrogen and oxygen atoms in total. The maximum atomic E-state index is 4.29. The minimum Gasteiger partial charge on any atom is -0.306 e. The van der Waals surface area contributed by atoms with Crippen LogP contribution in [0.25, 0.3) is 0 Å². The average Bonchev–Trinajstić information content (AvgIpc) is 2.27. The largest absolute Gasteiger partial charge is 0.306 e. The Morgan fingerprint density at radius 3 is 2.40 bits per heavy atom. The van der Waals surface area contributed by atoms with Crippen molar-refractivity contribution in [3.63, 3.8) is 0 Å². The third kappa shape index (κ3) is 4.43. The molecule has 0 spiro atoms. The van der Waals surface area contributed by atoms with Crippen LogP contribution in [0.1, 0.15) is 31.4 Å². The van der Waals surface area contributed by atoms with Crippen LogP contribution in [0.3, 0.4) is 0 Å². The lowest BCUT2D eigenvalue weighted by atomic mass is 10.1. The molecule has 1 heterocycles. The molecule has 2 heteroatoms. The predicted molar refractivity (Wildman–Crippen MR) is 65.1 cm³/mol. The molecule has 0 unspecified atom stereocenters. The van der Waals surface area contributed by atoms with Gasteiger partial charge < -0.3 is 4.90 Å². The highest BCUT2D eigenvalue weighted by Crippen LogP contribution is 2.06. The Kier molecular flexibility index (Phi) is 5.33. The molecule has 0 N–H and O–H groups in total. The molecule has 0 aliphatic heterocycles.